The van der Waals surface area contributed by atoms with Crippen LogP contribution in [-0.4, -0.2) is 45.4 Å². The maximum Gasteiger partial charge on any atom is 0.291 e. The van der Waals surface area contributed by atoms with Crippen LogP contribution < -0.4 is 5.32 Å². The van der Waals surface area contributed by atoms with Gasteiger partial charge in [0.1, 0.15) is 11.8 Å². The molecule has 2 heterocycles. The first-order valence-electron chi connectivity index (χ1n) is 10.8. The van der Waals surface area contributed by atoms with Crippen molar-refractivity contribution in [1.82, 2.24) is 14.9 Å². The standard InChI is InChI=1S/C24H29N5OS/c1-24(2)7-5-18(6-8-24)20-13-17(16-29-9-11-31-12-10-29)3-4-21(20)28-23(30)22-26-15-19(14-25)27-22/h3-5,13,15H,6-12,16H2,1-2H3,(H,26,27)(H,28,30). The number of carbonyl (C=O) groups is 1. The lowest BCUT2D eigenvalue weighted by Gasteiger charge is -2.30. The molecule has 1 aliphatic carbocycles. The molecule has 1 amide bonds. The summed E-state index contributed by atoms with van der Waals surface area (Å²) in [6.45, 7) is 7.78. The van der Waals surface area contributed by atoms with E-state index >= 15 is 0 Å². The third kappa shape index (κ3) is 5.38. The van der Waals surface area contributed by atoms with Crippen LogP contribution >= 0.6 is 11.8 Å². The molecule has 4 rings (SSSR count). The van der Waals surface area contributed by atoms with Gasteiger partial charge in [-0.3, -0.25) is 9.69 Å². The van der Waals surface area contributed by atoms with Gasteiger partial charge in [0.25, 0.3) is 5.91 Å². The van der Waals surface area contributed by atoms with Crippen LogP contribution in [0.15, 0.2) is 30.5 Å². The molecule has 1 aromatic carbocycles. The fourth-order valence-electron chi connectivity index (χ4n) is 4.08. The maximum absolute atomic E-state index is 12.7. The van der Waals surface area contributed by atoms with Crippen molar-refractivity contribution in [2.24, 2.45) is 5.41 Å². The summed E-state index contributed by atoms with van der Waals surface area (Å²) in [6, 6.07) is 8.33. The first-order valence-corrected chi connectivity index (χ1v) is 12.0. The van der Waals surface area contributed by atoms with Gasteiger partial charge in [0.2, 0.25) is 0 Å². The highest BCUT2D eigenvalue weighted by molar-refractivity contribution is 7.99. The molecule has 0 radical (unpaired) electrons. The molecule has 0 saturated carbocycles. The van der Waals surface area contributed by atoms with E-state index in [1.165, 1.54) is 28.8 Å². The van der Waals surface area contributed by atoms with Crippen molar-refractivity contribution in [3.8, 4) is 6.07 Å². The number of benzene rings is 1. The van der Waals surface area contributed by atoms with E-state index < -0.39 is 0 Å². The number of aromatic nitrogens is 2. The zero-order valence-electron chi connectivity index (χ0n) is 18.2. The molecule has 0 spiro atoms. The molecule has 2 N–H and O–H groups in total. The molecule has 0 unspecified atom stereocenters. The molecule has 2 aliphatic rings. The molecule has 7 heteroatoms. The van der Waals surface area contributed by atoms with Crippen LogP contribution in [0.3, 0.4) is 0 Å². The number of nitrogens with zero attached hydrogens (tertiary/aromatic N) is 3. The number of anilines is 1. The Hall–Kier alpha value is -2.56. The van der Waals surface area contributed by atoms with Gasteiger partial charge in [0.15, 0.2) is 5.82 Å². The number of aromatic amines is 1. The van der Waals surface area contributed by atoms with Crippen LogP contribution in [0.25, 0.3) is 5.57 Å². The summed E-state index contributed by atoms with van der Waals surface area (Å²) in [4.78, 5) is 22.0. The molecule has 1 aliphatic heterocycles. The molecule has 2 aromatic rings. The summed E-state index contributed by atoms with van der Waals surface area (Å²) in [6.07, 6.45) is 6.87. The third-order valence-corrected chi connectivity index (χ3v) is 7.01. The number of thioether (sulfide) groups is 1. The summed E-state index contributed by atoms with van der Waals surface area (Å²) in [5, 5.41) is 12.0. The minimum atomic E-state index is -0.333. The van der Waals surface area contributed by atoms with Gasteiger partial charge in [-0.05, 0) is 47.9 Å². The molecule has 0 atom stereocenters. The highest BCUT2D eigenvalue weighted by Gasteiger charge is 2.24. The van der Waals surface area contributed by atoms with Gasteiger partial charge >= 0.3 is 0 Å². The topological polar surface area (TPSA) is 84.8 Å². The molecule has 162 valence electrons. The van der Waals surface area contributed by atoms with Gasteiger partial charge in [0, 0.05) is 42.4 Å². The van der Waals surface area contributed by atoms with Gasteiger partial charge in [-0.1, -0.05) is 26.0 Å². The normalized spacial score (nSPS) is 18.8. The first-order chi connectivity index (χ1) is 14.9. The average Bonchev–Trinajstić information content (AvgIpc) is 3.25. The van der Waals surface area contributed by atoms with Crippen molar-refractivity contribution in [2.75, 3.05) is 29.9 Å². The van der Waals surface area contributed by atoms with E-state index in [-0.39, 0.29) is 17.4 Å². The Morgan fingerprint density at radius 3 is 2.84 bits per heavy atom. The smallest absolute Gasteiger partial charge is 0.291 e. The first kappa shape index (κ1) is 21.7. The number of H-pyrrole nitrogens is 1. The molecule has 6 nitrogen and oxygen atoms in total. The highest BCUT2D eigenvalue weighted by atomic mass is 32.2. The van der Waals surface area contributed by atoms with Crippen LogP contribution in [0.1, 0.15) is 60.5 Å². The number of amides is 1. The summed E-state index contributed by atoms with van der Waals surface area (Å²) in [5.41, 5.74) is 5.05. The zero-order valence-corrected chi connectivity index (χ0v) is 19.0. The molecule has 1 saturated heterocycles. The average molecular weight is 436 g/mol. The number of imidazole rings is 1. The van der Waals surface area contributed by atoms with E-state index in [1.807, 2.05) is 23.9 Å². The second kappa shape index (κ2) is 9.29. The lowest BCUT2D eigenvalue weighted by molar-refractivity contribution is 0.101. The molecule has 0 bridgehead atoms. The molecular weight excluding hydrogens is 406 g/mol. The Kier molecular flexibility index (Phi) is 6.49. The predicted octanol–water partition coefficient (Wildman–Crippen LogP) is 4.68. The van der Waals surface area contributed by atoms with Crippen molar-refractivity contribution < 1.29 is 4.79 Å². The van der Waals surface area contributed by atoms with Crippen LogP contribution in [-0.2, 0) is 6.54 Å². The Morgan fingerprint density at radius 2 is 2.16 bits per heavy atom. The maximum atomic E-state index is 12.7. The van der Waals surface area contributed by atoms with Crippen LogP contribution in [0.2, 0.25) is 0 Å². The minimum Gasteiger partial charge on any atom is -0.326 e. The van der Waals surface area contributed by atoms with Crippen LogP contribution in [0.5, 0.6) is 0 Å². The summed E-state index contributed by atoms with van der Waals surface area (Å²) in [5.74, 6) is 2.20. The van der Waals surface area contributed by atoms with Crippen LogP contribution in [0, 0.1) is 16.7 Å². The largest absolute Gasteiger partial charge is 0.326 e. The fraction of sp³-hybridized carbons (Fsp3) is 0.458. The van der Waals surface area contributed by atoms with E-state index in [4.69, 9.17) is 5.26 Å². The third-order valence-electron chi connectivity index (χ3n) is 6.07. The Bertz CT molecular complexity index is 1030. The van der Waals surface area contributed by atoms with Crippen molar-refractivity contribution in [3.63, 3.8) is 0 Å². The van der Waals surface area contributed by atoms with E-state index in [1.54, 1.807) is 0 Å². The Balaban J connectivity index is 1.60. The number of hydrogen-bond acceptors (Lipinski definition) is 5. The van der Waals surface area contributed by atoms with E-state index in [9.17, 15) is 4.79 Å². The van der Waals surface area contributed by atoms with E-state index in [0.717, 1.165) is 50.1 Å². The molecular formula is C24H29N5OS. The van der Waals surface area contributed by atoms with Crippen molar-refractivity contribution >= 4 is 28.9 Å². The van der Waals surface area contributed by atoms with Gasteiger partial charge in [-0.2, -0.15) is 17.0 Å². The van der Waals surface area contributed by atoms with E-state index in [2.05, 4.69) is 52.2 Å². The van der Waals surface area contributed by atoms with Gasteiger partial charge in [-0.25, -0.2) is 4.98 Å². The summed E-state index contributed by atoms with van der Waals surface area (Å²) in [7, 11) is 0. The van der Waals surface area contributed by atoms with Crippen LogP contribution in [0.4, 0.5) is 5.69 Å². The molecule has 31 heavy (non-hydrogen) atoms. The molecule has 1 aromatic heterocycles. The number of carbonyl (C=O) groups excluding carboxylic acids is 1. The number of hydrogen-bond donors (Lipinski definition) is 2. The Labute approximate surface area is 188 Å². The van der Waals surface area contributed by atoms with Crippen molar-refractivity contribution in [2.45, 2.75) is 39.7 Å². The second-order valence-electron chi connectivity index (χ2n) is 9.08. The number of allylic oxidation sites excluding steroid dienone is 2. The number of nitrogens with one attached hydrogen (secondary N) is 2. The van der Waals surface area contributed by atoms with Gasteiger partial charge < -0.3 is 10.3 Å². The SMILES string of the molecule is CC1(C)CC=C(c2cc(CN3CCSCC3)ccc2NC(=O)c2ncc(C#N)[nH]2)CC1. The van der Waals surface area contributed by atoms with Gasteiger partial charge in [0.05, 0.1) is 6.20 Å². The van der Waals surface area contributed by atoms with Gasteiger partial charge in [-0.15, -0.1) is 0 Å². The summed E-state index contributed by atoms with van der Waals surface area (Å²) >= 11 is 2.02. The highest BCUT2D eigenvalue weighted by Crippen LogP contribution is 2.40. The summed E-state index contributed by atoms with van der Waals surface area (Å²) < 4.78 is 0. The predicted molar refractivity (Wildman–Crippen MR) is 126 cm³/mol. The number of rotatable bonds is 5. The van der Waals surface area contributed by atoms with Crippen molar-refractivity contribution in [1.29, 1.82) is 5.26 Å². The fourth-order valence-corrected chi connectivity index (χ4v) is 5.06. The lowest BCUT2D eigenvalue weighted by Crippen LogP contribution is -2.32. The monoisotopic (exact) mass is 435 g/mol. The zero-order chi connectivity index (χ0) is 21.8. The minimum absolute atomic E-state index is 0.149. The second-order valence-corrected chi connectivity index (χ2v) is 10.3. The number of nitriles is 1. The van der Waals surface area contributed by atoms with E-state index in [0.29, 0.717) is 5.41 Å². The quantitative estimate of drug-likeness (QED) is 0.713. The van der Waals surface area contributed by atoms with Crippen molar-refractivity contribution in [3.05, 3.63) is 53.1 Å². The molecule has 1 fully saturated rings. The lowest BCUT2D eigenvalue weighted by atomic mass is 9.76. The Morgan fingerprint density at radius 1 is 1.35 bits per heavy atom.